The molecule has 0 aliphatic carbocycles. The summed E-state index contributed by atoms with van der Waals surface area (Å²) in [6, 6.07) is 6.01. The standard InChI is InChI=1S/C15H18FN3O/c16-13-4-1-5-14(12(13)9-17)19-15(20)7-6-11-3-2-8-18-10-11/h1,4-5,11,18H,2-3,6-8,10H2,(H,19,20). The monoisotopic (exact) mass is 275 g/mol. The van der Waals surface area contributed by atoms with Gasteiger partial charge in [-0.3, -0.25) is 4.79 Å². The van der Waals surface area contributed by atoms with Crippen LogP contribution >= 0.6 is 0 Å². The van der Waals surface area contributed by atoms with Crippen molar-refractivity contribution in [3.05, 3.63) is 29.6 Å². The quantitative estimate of drug-likeness (QED) is 0.887. The second-order valence-corrected chi connectivity index (χ2v) is 5.07. The maximum atomic E-state index is 13.4. The molecule has 1 atom stereocenters. The summed E-state index contributed by atoms with van der Waals surface area (Å²) < 4.78 is 13.4. The van der Waals surface area contributed by atoms with Gasteiger partial charge in [0.15, 0.2) is 0 Å². The molecular formula is C15H18FN3O. The van der Waals surface area contributed by atoms with Gasteiger partial charge in [0.05, 0.1) is 5.69 Å². The van der Waals surface area contributed by atoms with E-state index in [9.17, 15) is 9.18 Å². The normalized spacial score (nSPS) is 18.3. The van der Waals surface area contributed by atoms with Crippen molar-refractivity contribution < 1.29 is 9.18 Å². The first-order chi connectivity index (χ1) is 9.70. The third-order valence-electron chi connectivity index (χ3n) is 3.58. The molecule has 5 heteroatoms. The third kappa shape index (κ3) is 3.78. The first-order valence-corrected chi connectivity index (χ1v) is 6.90. The molecule has 1 aliphatic rings. The largest absolute Gasteiger partial charge is 0.325 e. The Morgan fingerprint density at radius 1 is 1.55 bits per heavy atom. The van der Waals surface area contributed by atoms with E-state index < -0.39 is 5.82 Å². The number of carbonyl (C=O) groups is 1. The molecule has 1 unspecified atom stereocenters. The summed E-state index contributed by atoms with van der Waals surface area (Å²) in [6.07, 6.45) is 3.50. The number of amides is 1. The number of nitriles is 1. The van der Waals surface area contributed by atoms with Gasteiger partial charge in [-0.2, -0.15) is 5.26 Å². The first-order valence-electron chi connectivity index (χ1n) is 6.90. The van der Waals surface area contributed by atoms with Gasteiger partial charge in [-0.05, 0) is 50.4 Å². The molecule has 2 N–H and O–H groups in total. The molecule has 0 bridgehead atoms. The number of carbonyl (C=O) groups excluding carboxylic acids is 1. The predicted molar refractivity (Wildman–Crippen MR) is 74.6 cm³/mol. The smallest absolute Gasteiger partial charge is 0.224 e. The molecule has 20 heavy (non-hydrogen) atoms. The highest BCUT2D eigenvalue weighted by Gasteiger charge is 2.15. The van der Waals surface area contributed by atoms with Crippen molar-refractivity contribution >= 4 is 11.6 Å². The second kappa shape index (κ2) is 7.01. The van der Waals surface area contributed by atoms with Crippen molar-refractivity contribution in [2.45, 2.75) is 25.7 Å². The van der Waals surface area contributed by atoms with Crippen molar-refractivity contribution in [3.8, 4) is 6.07 Å². The van der Waals surface area contributed by atoms with E-state index in [0.717, 1.165) is 32.4 Å². The van der Waals surface area contributed by atoms with E-state index >= 15 is 0 Å². The van der Waals surface area contributed by atoms with Gasteiger partial charge >= 0.3 is 0 Å². The summed E-state index contributed by atoms with van der Waals surface area (Å²) in [5.41, 5.74) is 0.138. The molecule has 1 amide bonds. The van der Waals surface area contributed by atoms with E-state index in [1.54, 1.807) is 12.1 Å². The highest BCUT2D eigenvalue weighted by molar-refractivity contribution is 5.92. The molecule has 0 saturated carbocycles. The lowest BCUT2D eigenvalue weighted by molar-refractivity contribution is -0.116. The molecule has 0 radical (unpaired) electrons. The van der Waals surface area contributed by atoms with Crippen LogP contribution in [0.15, 0.2) is 18.2 Å². The Balaban J connectivity index is 1.88. The number of benzene rings is 1. The Labute approximate surface area is 118 Å². The second-order valence-electron chi connectivity index (χ2n) is 5.07. The lowest BCUT2D eigenvalue weighted by Gasteiger charge is -2.22. The van der Waals surface area contributed by atoms with Crippen LogP contribution in [-0.4, -0.2) is 19.0 Å². The molecule has 106 valence electrons. The molecule has 0 spiro atoms. The van der Waals surface area contributed by atoms with Crippen LogP contribution < -0.4 is 10.6 Å². The highest BCUT2D eigenvalue weighted by atomic mass is 19.1. The summed E-state index contributed by atoms with van der Waals surface area (Å²) in [5, 5.41) is 14.8. The zero-order valence-corrected chi connectivity index (χ0v) is 11.3. The average Bonchev–Trinajstić information content (AvgIpc) is 2.46. The van der Waals surface area contributed by atoms with Gasteiger partial charge in [0.25, 0.3) is 0 Å². The fourth-order valence-electron chi connectivity index (χ4n) is 2.46. The lowest BCUT2D eigenvalue weighted by atomic mass is 9.94. The summed E-state index contributed by atoms with van der Waals surface area (Å²) in [6.45, 7) is 2.01. The van der Waals surface area contributed by atoms with Crippen molar-refractivity contribution in [1.29, 1.82) is 5.26 Å². The minimum Gasteiger partial charge on any atom is -0.325 e. The number of hydrogen-bond donors (Lipinski definition) is 2. The molecule has 1 saturated heterocycles. The Hall–Kier alpha value is -1.93. The molecule has 1 aliphatic heterocycles. The van der Waals surface area contributed by atoms with E-state index in [1.807, 2.05) is 0 Å². The van der Waals surface area contributed by atoms with Crippen LogP contribution in [0.2, 0.25) is 0 Å². The molecule has 2 rings (SSSR count). The zero-order valence-electron chi connectivity index (χ0n) is 11.3. The zero-order chi connectivity index (χ0) is 14.4. The molecule has 1 heterocycles. The van der Waals surface area contributed by atoms with Crippen molar-refractivity contribution in [2.75, 3.05) is 18.4 Å². The SMILES string of the molecule is N#Cc1c(F)cccc1NC(=O)CCC1CCCNC1. The topological polar surface area (TPSA) is 64.9 Å². The highest BCUT2D eigenvalue weighted by Crippen LogP contribution is 2.20. The van der Waals surface area contributed by atoms with Crippen molar-refractivity contribution in [2.24, 2.45) is 5.92 Å². The number of nitrogens with zero attached hydrogens (tertiary/aromatic N) is 1. The van der Waals surface area contributed by atoms with Crippen LogP contribution in [0, 0.1) is 23.1 Å². The van der Waals surface area contributed by atoms with E-state index in [0.29, 0.717) is 12.3 Å². The number of piperidine rings is 1. The molecule has 1 fully saturated rings. The lowest BCUT2D eigenvalue weighted by Crippen LogP contribution is -2.30. The van der Waals surface area contributed by atoms with Gasteiger partial charge in [0.2, 0.25) is 5.91 Å². The van der Waals surface area contributed by atoms with Crippen LogP contribution in [0.1, 0.15) is 31.2 Å². The van der Waals surface area contributed by atoms with E-state index in [1.165, 1.54) is 12.1 Å². The van der Waals surface area contributed by atoms with Gasteiger partial charge in [-0.25, -0.2) is 4.39 Å². The maximum Gasteiger partial charge on any atom is 0.224 e. The molecule has 1 aromatic carbocycles. The van der Waals surface area contributed by atoms with Crippen LogP contribution in [0.3, 0.4) is 0 Å². The molecular weight excluding hydrogens is 257 g/mol. The number of nitrogens with one attached hydrogen (secondary N) is 2. The molecule has 0 aromatic heterocycles. The first kappa shape index (κ1) is 14.5. The Bertz CT molecular complexity index is 518. The van der Waals surface area contributed by atoms with Crippen LogP contribution in [0.25, 0.3) is 0 Å². The Kier molecular flexibility index (Phi) is 5.08. The van der Waals surface area contributed by atoms with Crippen molar-refractivity contribution in [3.63, 3.8) is 0 Å². The Morgan fingerprint density at radius 2 is 2.40 bits per heavy atom. The van der Waals surface area contributed by atoms with E-state index in [4.69, 9.17) is 5.26 Å². The number of halogens is 1. The number of anilines is 1. The summed E-state index contributed by atoms with van der Waals surface area (Å²) >= 11 is 0. The summed E-state index contributed by atoms with van der Waals surface area (Å²) in [4.78, 5) is 11.9. The van der Waals surface area contributed by atoms with Gasteiger partial charge in [-0.1, -0.05) is 6.07 Å². The number of hydrogen-bond acceptors (Lipinski definition) is 3. The fraction of sp³-hybridized carbons (Fsp3) is 0.467. The molecule has 1 aromatic rings. The van der Waals surface area contributed by atoms with Gasteiger partial charge in [0, 0.05) is 6.42 Å². The van der Waals surface area contributed by atoms with E-state index in [-0.39, 0.29) is 17.2 Å². The summed E-state index contributed by atoms with van der Waals surface area (Å²) in [5.74, 6) is -0.253. The predicted octanol–water partition coefficient (Wildman–Crippen LogP) is 2.42. The fourth-order valence-corrected chi connectivity index (χ4v) is 2.46. The molecule has 4 nitrogen and oxygen atoms in total. The Morgan fingerprint density at radius 3 is 3.10 bits per heavy atom. The van der Waals surface area contributed by atoms with E-state index in [2.05, 4.69) is 10.6 Å². The van der Waals surface area contributed by atoms with Gasteiger partial charge in [-0.15, -0.1) is 0 Å². The average molecular weight is 275 g/mol. The minimum absolute atomic E-state index is 0.111. The van der Waals surface area contributed by atoms with Crippen molar-refractivity contribution in [1.82, 2.24) is 5.32 Å². The minimum atomic E-state index is -0.609. The van der Waals surface area contributed by atoms with Crippen LogP contribution in [0.5, 0.6) is 0 Å². The van der Waals surface area contributed by atoms with Crippen LogP contribution in [0.4, 0.5) is 10.1 Å². The van der Waals surface area contributed by atoms with Gasteiger partial charge < -0.3 is 10.6 Å². The van der Waals surface area contributed by atoms with Gasteiger partial charge in [0.1, 0.15) is 17.4 Å². The maximum absolute atomic E-state index is 13.4. The number of rotatable bonds is 4. The summed E-state index contributed by atoms with van der Waals surface area (Å²) in [7, 11) is 0. The third-order valence-corrected chi connectivity index (χ3v) is 3.58. The van der Waals surface area contributed by atoms with Crippen LogP contribution in [-0.2, 0) is 4.79 Å².